The third kappa shape index (κ3) is 1.26. The monoisotopic (exact) mass is 168 g/mol. The summed E-state index contributed by atoms with van der Waals surface area (Å²) >= 11 is 0. The van der Waals surface area contributed by atoms with Crippen molar-refractivity contribution in [1.82, 2.24) is 0 Å². The summed E-state index contributed by atoms with van der Waals surface area (Å²) in [6.07, 6.45) is 2.51. The van der Waals surface area contributed by atoms with Crippen molar-refractivity contribution >= 4 is 5.97 Å². The van der Waals surface area contributed by atoms with Crippen LogP contribution >= 0.6 is 0 Å². The average molecular weight is 168 g/mol. The Morgan fingerprint density at radius 2 is 2.42 bits per heavy atom. The molecule has 2 rings (SSSR count). The molecule has 0 fully saturated rings. The number of hydrogen-bond donors (Lipinski definition) is 1. The molecule has 4 heteroatoms. The summed E-state index contributed by atoms with van der Waals surface area (Å²) in [6, 6.07) is 0. The van der Waals surface area contributed by atoms with E-state index >= 15 is 0 Å². The zero-order valence-corrected chi connectivity index (χ0v) is 6.32. The first-order chi connectivity index (χ1) is 5.75. The van der Waals surface area contributed by atoms with Crippen molar-refractivity contribution in [1.29, 1.82) is 0 Å². The molecular formula is C8H8O4. The van der Waals surface area contributed by atoms with Crippen molar-refractivity contribution in [3.63, 3.8) is 0 Å². The number of carbonyl (C=O) groups excluding carboxylic acids is 1. The average Bonchev–Trinajstić information content (AvgIpc) is 2.23. The Hall–Kier alpha value is -1.13. The molecule has 0 amide bonds. The summed E-state index contributed by atoms with van der Waals surface area (Å²) in [7, 11) is 0. The number of esters is 1. The Bertz CT molecular complexity index is 277. The number of hydrogen-bond acceptors (Lipinski definition) is 4. The summed E-state index contributed by atoms with van der Waals surface area (Å²) in [5, 5.41) is 9.16. The molecule has 0 aliphatic carbocycles. The second kappa shape index (κ2) is 2.73. The molecule has 0 aromatic rings. The molecule has 2 aliphatic rings. The van der Waals surface area contributed by atoms with Gasteiger partial charge in [0.2, 0.25) is 0 Å². The van der Waals surface area contributed by atoms with Gasteiger partial charge in [0.05, 0.1) is 6.61 Å². The van der Waals surface area contributed by atoms with E-state index in [0.717, 1.165) is 0 Å². The maximum Gasteiger partial charge on any atom is 0.336 e. The van der Waals surface area contributed by atoms with E-state index in [1.54, 1.807) is 6.08 Å². The topological polar surface area (TPSA) is 55.8 Å². The van der Waals surface area contributed by atoms with Crippen LogP contribution in [0.2, 0.25) is 0 Å². The van der Waals surface area contributed by atoms with Crippen LogP contribution in [0.1, 0.15) is 6.42 Å². The molecule has 0 saturated heterocycles. The molecule has 1 unspecified atom stereocenters. The molecule has 4 nitrogen and oxygen atoms in total. The van der Waals surface area contributed by atoms with Gasteiger partial charge in [-0.05, 0) is 6.08 Å². The minimum atomic E-state index is -0.834. The highest BCUT2D eigenvalue weighted by molar-refractivity contribution is 5.88. The molecular weight excluding hydrogens is 160 g/mol. The minimum Gasteiger partial charge on any atom is -0.423 e. The van der Waals surface area contributed by atoms with Crippen molar-refractivity contribution in [2.45, 2.75) is 12.7 Å². The number of ether oxygens (including phenoxy) is 2. The summed E-state index contributed by atoms with van der Waals surface area (Å²) in [6.45, 7) is 0.279. The molecule has 0 radical (unpaired) electrons. The molecule has 0 spiro atoms. The fraction of sp³-hybridized carbons (Fsp3) is 0.375. The van der Waals surface area contributed by atoms with Crippen LogP contribution in [-0.2, 0) is 14.3 Å². The number of rotatable bonds is 0. The number of aliphatic hydroxyl groups excluding tert-OH is 1. The van der Waals surface area contributed by atoms with E-state index < -0.39 is 6.29 Å². The lowest BCUT2D eigenvalue weighted by molar-refractivity contribution is -0.132. The van der Waals surface area contributed by atoms with Crippen LogP contribution in [0, 0.1) is 0 Å². The van der Waals surface area contributed by atoms with Gasteiger partial charge >= 0.3 is 5.97 Å². The van der Waals surface area contributed by atoms with Gasteiger partial charge in [-0.3, -0.25) is 0 Å². The largest absolute Gasteiger partial charge is 0.423 e. The third-order valence-corrected chi connectivity index (χ3v) is 1.77. The van der Waals surface area contributed by atoms with Crippen molar-refractivity contribution in [2.75, 3.05) is 6.61 Å². The first-order valence-corrected chi connectivity index (χ1v) is 3.68. The van der Waals surface area contributed by atoms with Gasteiger partial charge in [-0.2, -0.15) is 0 Å². The second-order valence-electron chi connectivity index (χ2n) is 2.65. The highest BCUT2D eigenvalue weighted by atomic mass is 16.6. The number of allylic oxidation sites excluding steroid dienone is 1. The van der Waals surface area contributed by atoms with Gasteiger partial charge in [0.1, 0.15) is 5.76 Å². The lowest BCUT2D eigenvalue weighted by atomic mass is 10.1. The highest BCUT2D eigenvalue weighted by Gasteiger charge is 2.24. The molecule has 2 aliphatic heterocycles. The van der Waals surface area contributed by atoms with Gasteiger partial charge in [-0.25, -0.2) is 4.79 Å². The van der Waals surface area contributed by atoms with Crippen LogP contribution in [-0.4, -0.2) is 24.0 Å². The zero-order valence-electron chi connectivity index (χ0n) is 6.32. The fourth-order valence-electron chi connectivity index (χ4n) is 1.23. The van der Waals surface area contributed by atoms with Gasteiger partial charge < -0.3 is 14.6 Å². The van der Waals surface area contributed by atoms with Crippen LogP contribution in [0.15, 0.2) is 23.5 Å². The summed E-state index contributed by atoms with van der Waals surface area (Å²) < 4.78 is 9.75. The number of carbonyl (C=O) groups is 1. The Kier molecular flexibility index (Phi) is 1.71. The SMILES string of the molecule is O=C1C=C2CC(O)OCC=C2O1. The van der Waals surface area contributed by atoms with Crippen molar-refractivity contribution < 1.29 is 19.4 Å². The molecule has 0 aromatic carbocycles. The smallest absolute Gasteiger partial charge is 0.336 e. The van der Waals surface area contributed by atoms with Crippen LogP contribution in [0.25, 0.3) is 0 Å². The normalized spacial score (nSPS) is 28.4. The van der Waals surface area contributed by atoms with Crippen LogP contribution < -0.4 is 0 Å². The van der Waals surface area contributed by atoms with Crippen LogP contribution in [0.5, 0.6) is 0 Å². The summed E-state index contributed by atoms with van der Waals surface area (Å²) in [5.41, 5.74) is 0.713. The van der Waals surface area contributed by atoms with Crippen LogP contribution in [0.4, 0.5) is 0 Å². The molecule has 0 aromatic heterocycles. The van der Waals surface area contributed by atoms with Crippen molar-refractivity contribution in [3.8, 4) is 0 Å². The molecule has 1 atom stereocenters. The lowest BCUT2D eigenvalue weighted by Gasteiger charge is -2.05. The van der Waals surface area contributed by atoms with E-state index in [4.69, 9.17) is 14.6 Å². The molecule has 64 valence electrons. The highest BCUT2D eigenvalue weighted by Crippen LogP contribution is 2.26. The third-order valence-electron chi connectivity index (χ3n) is 1.77. The Balaban J connectivity index is 2.26. The Morgan fingerprint density at radius 3 is 3.25 bits per heavy atom. The van der Waals surface area contributed by atoms with Crippen molar-refractivity contribution in [2.24, 2.45) is 0 Å². The zero-order chi connectivity index (χ0) is 8.55. The molecule has 12 heavy (non-hydrogen) atoms. The van der Waals surface area contributed by atoms with Gasteiger partial charge in [-0.1, -0.05) is 0 Å². The van der Waals surface area contributed by atoms with Crippen LogP contribution in [0.3, 0.4) is 0 Å². The maximum absolute atomic E-state index is 10.8. The number of aliphatic hydroxyl groups is 1. The lowest BCUT2D eigenvalue weighted by Crippen LogP contribution is -2.10. The van der Waals surface area contributed by atoms with E-state index in [1.807, 2.05) is 0 Å². The summed E-state index contributed by atoms with van der Waals surface area (Å²) in [4.78, 5) is 10.8. The van der Waals surface area contributed by atoms with Gasteiger partial charge in [-0.15, -0.1) is 0 Å². The second-order valence-corrected chi connectivity index (χ2v) is 2.65. The first-order valence-electron chi connectivity index (χ1n) is 3.68. The fourth-order valence-corrected chi connectivity index (χ4v) is 1.23. The van der Waals surface area contributed by atoms with E-state index in [2.05, 4.69) is 0 Å². The van der Waals surface area contributed by atoms with E-state index in [-0.39, 0.29) is 12.6 Å². The van der Waals surface area contributed by atoms with Gasteiger partial charge in [0, 0.05) is 18.1 Å². The molecule has 0 bridgehead atoms. The maximum atomic E-state index is 10.8. The summed E-state index contributed by atoms with van der Waals surface area (Å²) in [5.74, 6) is 0.155. The van der Waals surface area contributed by atoms with E-state index in [9.17, 15) is 4.79 Å². The van der Waals surface area contributed by atoms with E-state index in [0.29, 0.717) is 17.8 Å². The van der Waals surface area contributed by atoms with Crippen molar-refractivity contribution in [3.05, 3.63) is 23.5 Å². The van der Waals surface area contributed by atoms with Gasteiger partial charge in [0.25, 0.3) is 0 Å². The molecule has 1 N–H and O–H groups in total. The molecule has 2 heterocycles. The quantitative estimate of drug-likeness (QED) is 0.521. The minimum absolute atomic E-state index is 0.279. The number of fused-ring (bicyclic) bond motifs is 1. The standard InChI is InChI=1S/C8H8O4/c9-7-3-5-4-8(10)12-6(5)1-2-11-7/h1,4,7,9H,2-3H2. The Morgan fingerprint density at radius 1 is 1.58 bits per heavy atom. The molecule has 0 saturated carbocycles. The first kappa shape index (κ1) is 7.52. The van der Waals surface area contributed by atoms with Gasteiger partial charge in [0.15, 0.2) is 6.29 Å². The Labute approximate surface area is 69.1 Å². The predicted molar refractivity (Wildman–Crippen MR) is 38.8 cm³/mol. The van der Waals surface area contributed by atoms with E-state index in [1.165, 1.54) is 6.08 Å². The predicted octanol–water partition coefficient (Wildman–Crippen LogP) is 0.0922.